The predicted molar refractivity (Wildman–Crippen MR) is 76.5 cm³/mol. The maximum atomic E-state index is 12.6. The minimum absolute atomic E-state index is 0.0116. The molecule has 2 atom stereocenters. The quantitative estimate of drug-likeness (QED) is 0.690. The van der Waals surface area contributed by atoms with Crippen molar-refractivity contribution < 1.29 is 23.4 Å². The summed E-state index contributed by atoms with van der Waals surface area (Å²) in [4.78, 5) is 10.9. The monoisotopic (exact) mass is 334 g/mol. The topological polar surface area (TPSA) is 121 Å². The summed E-state index contributed by atoms with van der Waals surface area (Å²) in [5.41, 5.74) is 6.33. The van der Waals surface area contributed by atoms with E-state index in [2.05, 4.69) is 0 Å². The van der Waals surface area contributed by atoms with Gasteiger partial charge in [-0.25, -0.2) is 8.42 Å². The number of aliphatic hydroxyl groups excluding tert-OH is 1. The van der Waals surface area contributed by atoms with Crippen LogP contribution in [0.5, 0.6) is 0 Å². The SMILES string of the molecule is Cc1cc(N)c(S(=O)(=O)N2C[C@H](O)C[C@H]2C(=O)O)cc1Cl. The number of aliphatic carboxylic acids is 1. The number of carboxylic acid groups (broad SMARTS) is 1. The third-order valence-electron chi connectivity index (χ3n) is 3.40. The molecule has 1 aliphatic rings. The fraction of sp³-hybridized carbons (Fsp3) is 0.417. The number of nitrogen functional groups attached to an aromatic ring is 1. The van der Waals surface area contributed by atoms with Crippen LogP contribution in [-0.4, -0.2) is 47.6 Å². The number of aliphatic hydroxyl groups is 1. The highest BCUT2D eigenvalue weighted by Gasteiger charge is 2.44. The van der Waals surface area contributed by atoms with Crippen LogP contribution in [0.1, 0.15) is 12.0 Å². The van der Waals surface area contributed by atoms with Crippen LogP contribution >= 0.6 is 11.6 Å². The number of anilines is 1. The molecule has 4 N–H and O–H groups in total. The molecular weight excluding hydrogens is 320 g/mol. The second-order valence-corrected chi connectivity index (χ2v) is 7.22. The predicted octanol–water partition coefficient (Wildman–Crippen LogP) is 0.439. The van der Waals surface area contributed by atoms with E-state index in [4.69, 9.17) is 22.4 Å². The molecule has 0 spiro atoms. The van der Waals surface area contributed by atoms with Gasteiger partial charge in [-0.2, -0.15) is 4.31 Å². The molecule has 1 heterocycles. The highest BCUT2D eigenvalue weighted by molar-refractivity contribution is 7.89. The number of nitrogens with zero attached hydrogens (tertiary/aromatic N) is 1. The lowest BCUT2D eigenvalue weighted by Crippen LogP contribution is -2.40. The van der Waals surface area contributed by atoms with E-state index in [1.165, 1.54) is 12.1 Å². The van der Waals surface area contributed by atoms with E-state index in [0.717, 1.165) is 4.31 Å². The molecule has 21 heavy (non-hydrogen) atoms. The Labute approximate surface area is 127 Å². The lowest BCUT2D eigenvalue weighted by atomic mass is 10.2. The van der Waals surface area contributed by atoms with E-state index in [1.54, 1.807) is 6.92 Å². The Morgan fingerprint density at radius 3 is 2.67 bits per heavy atom. The summed E-state index contributed by atoms with van der Waals surface area (Å²) in [5.74, 6) is -1.31. The summed E-state index contributed by atoms with van der Waals surface area (Å²) >= 11 is 5.92. The van der Waals surface area contributed by atoms with Gasteiger partial charge in [0.1, 0.15) is 10.9 Å². The summed E-state index contributed by atoms with van der Waals surface area (Å²) in [7, 11) is -4.15. The average molecular weight is 335 g/mol. The number of benzene rings is 1. The third kappa shape index (κ3) is 2.84. The Morgan fingerprint density at radius 1 is 1.48 bits per heavy atom. The van der Waals surface area contributed by atoms with Gasteiger partial charge in [0.05, 0.1) is 11.8 Å². The maximum Gasteiger partial charge on any atom is 0.322 e. The Kier molecular flexibility index (Phi) is 4.16. The zero-order chi connectivity index (χ0) is 15.9. The molecule has 0 amide bonds. The van der Waals surface area contributed by atoms with Crippen molar-refractivity contribution in [2.24, 2.45) is 0 Å². The highest BCUT2D eigenvalue weighted by Crippen LogP contribution is 2.32. The van der Waals surface area contributed by atoms with Gasteiger partial charge in [-0.3, -0.25) is 4.79 Å². The number of carbonyl (C=O) groups is 1. The number of rotatable bonds is 3. The van der Waals surface area contributed by atoms with E-state index in [1.807, 2.05) is 0 Å². The van der Waals surface area contributed by atoms with Gasteiger partial charge in [0.25, 0.3) is 0 Å². The number of aryl methyl sites for hydroxylation is 1. The van der Waals surface area contributed by atoms with Crippen molar-refractivity contribution in [1.82, 2.24) is 4.31 Å². The fourth-order valence-electron chi connectivity index (χ4n) is 2.31. The molecule has 9 heteroatoms. The number of hydrogen-bond acceptors (Lipinski definition) is 5. The van der Waals surface area contributed by atoms with E-state index in [9.17, 15) is 18.3 Å². The molecule has 116 valence electrons. The molecule has 0 saturated carbocycles. The molecule has 1 aromatic rings. The van der Waals surface area contributed by atoms with Gasteiger partial charge in [-0.15, -0.1) is 0 Å². The third-order valence-corrected chi connectivity index (χ3v) is 5.73. The van der Waals surface area contributed by atoms with Crippen LogP contribution in [0.3, 0.4) is 0 Å². The summed E-state index contributed by atoms with van der Waals surface area (Å²) in [6.07, 6.45) is -1.18. The molecule has 1 aromatic carbocycles. The first kappa shape index (κ1) is 16.0. The van der Waals surface area contributed by atoms with Crippen molar-refractivity contribution >= 4 is 33.3 Å². The van der Waals surface area contributed by atoms with Gasteiger partial charge in [-0.05, 0) is 24.6 Å². The fourth-order valence-corrected chi connectivity index (χ4v) is 4.29. The molecule has 0 bridgehead atoms. The van der Waals surface area contributed by atoms with E-state index in [0.29, 0.717) is 5.56 Å². The van der Waals surface area contributed by atoms with Gasteiger partial charge in [0.2, 0.25) is 10.0 Å². The number of halogens is 1. The second kappa shape index (κ2) is 5.45. The summed E-state index contributed by atoms with van der Waals surface area (Å²) in [6.45, 7) is 1.39. The number of β-amino-alcohol motifs (C(OH)–C–C–N with tert-alkyl or cyclic N) is 1. The molecule has 0 unspecified atom stereocenters. The zero-order valence-electron chi connectivity index (χ0n) is 11.2. The molecule has 0 aliphatic carbocycles. The molecule has 7 nitrogen and oxygen atoms in total. The minimum Gasteiger partial charge on any atom is -0.480 e. The van der Waals surface area contributed by atoms with Gasteiger partial charge >= 0.3 is 5.97 Å². The Hall–Kier alpha value is -1.35. The molecule has 2 rings (SSSR count). The van der Waals surface area contributed by atoms with Crippen molar-refractivity contribution in [2.75, 3.05) is 12.3 Å². The molecule has 0 aromatic heterocycles. The Balaban J connectivity index is 2.52. The minimum atomic E-state index is -4.15. The van der Waals surface area contributed by atoms with Crippen LogP contribution in [0.25, 0.3) is 0 Å². The van der Waals surface area contributed by atoms with E-state index < -0.39 is 28.1 Å². The Bertz CT molecular complexity index is 691. The number of sulfonamides is 1. The van der Waals surface area contributed by atoms with Crippen LogP contribution in [0, 0.1) is 6.92 Å². The molecular formula is C12H15ClN2O5S. The van der Waals surface area contributed by atoms with Gasteiger partial charge in [-0.1, -0.05) is 11.6 Å². The lowest BCUT2D eigenvalue weighted by molar-refractivity contribution is -0.140. The second-order valence-electron chi connectivity index (χ2n) is 4.96. The van der Waals surface area contributed by atoms with Crippen molar-refractivity contribution in [3.8, 4) is 0 Å². The van der Waals surface area contributed by atoms with Crippen molar-refractivity contribution in [2.45, 2.75) is 30.4 Å². The first-order valence-electron chi connectivity index (χ1n) is 6.13. The number of hydrogen-bond donors (Lipinski definition) is 3. The molecule has 1 saturated heterocycles. The van der Waals surface area contributed by atoms with Crippen LogP contribution in [0.2, 0.25) is 5.02 Å². The summed E-state index contributed by atoms with van der Waals surface area (Å²) < 4.78 is 25.9. The standard InChI is InChI=1S/C12H15ClN2O5S/c1-6-2-9(14)11(4-8(6)13)21(19,20)15-5-7(16)3-10(15)12(17)18/h2,4,7,10,16H,3,5,14H2,1H3,(H,17,18)/t7-,10+/m1/s1. The van der Waals surface area contributed by atoms with Crippen molar-refractivity contribution in [1.29, 1.82) is 0 Å². The lowest BCUT2D eigenvalue weighted by Gasteiger charge is -2.22. The van der Waals surface area contributed by atoms with Gasteiger partial charge in [0, 0.05) is 18.0 Å². The largest absolute Gasteiger partial charge is 0.480 e. The zero-order valence-corrected chi connectivity index (χ0v) is 12.7. The summed E-state index contributed by atoms with van der Waals surface area (Å²) in [5, 5.41) is 18.9. The Morgan fingerprint density at radius 2 is 2.10 bits per heavy atom. The van der Waals surface area contributed by atoms with E-state index >= 15 is 0 Å². The average Bonchev–Trinajstić information content (AvgIpc) is 2.76. The maximum absolute atomic E-state index is 12.6. The molecule has 1 aliphatic heterocycles. The first-order valence-corrected chi connectivity index (χ1v) is 7.94. The summed E-state index contributed by atoms with van der Waals surface area (Å²) in [6, 6.07) is 1.30. The first-order chi connectivity index (χ1) is 9.64. The molecule has 1 fully saturated rings. The number of nitrogens with two attached hydrogens (primary N) is 1. The van der Waals surface area contributed by atoms with Crippen LogP contribution in [-0.2, 0) is 14.8 Å². The van der Waals surface area contributed by atoms with Gasteiger partial charge < -0.3 is 15.9 Å². The molecule has 0 radical (unpaired) electrons. The number of carboxylic acids is 1. The van der Waals surface area contributed by atoms with Crippen LogP contribution in [0.15, 0.2) is 17.0 Å². The smallest absolute Gasteiger partial charge is 0.322 e. The van der Waals surface area contributed by atoms with Crippen LogP contribution < -0.4 is 5.73 Å². The highest BCUT2D eigenvalue weighted by atomic mass is 35.5. The van der Waals surface area contributed by atoms with Crippen LogP contribution in [0.4, 0.5) is 5.69 Å². The van der Waals surface area contributed by atoms with E-state index in [-0.39, 0.29) is 28.6 Å². The normalized spacial score (nSPS) is 23.4. The van der Waals surface area contributed by atoms with Crippen molar-refractivity contribution in [3.05, 3.63) is 22.7 Å². The van der Waals surface area contributed by atoms with Crippen molar-refractivity contribution in [3.63, 3.8) is 0 Å². The van der Waals surface area contributed by atoms with Gasteiger partial charge in [0.15, 0.2) is 0 Å².